The number of hydrogen-bond donors (Lipinski definition) is 1. The molecule has 1 aliphatic heterocycles. The number of anilines is 2. The zero-order valence-corrected chi connectivity index (χ0v) is 17.5. The van der Waals surface area contributed by atoms with E-state index < -0.39 is 0 Å². The number of carbonyl (C=O) groups excluding carboxylic acids is 1. The minimum atomic E-state index is -0.0799. The molecule has 5 rings (SSSR count). The summed E-state index contributed by atoms with van der Waals surface area (Å²) in [6.45, 7) is 2.89. The van der Waals surface area contributed by atoms with Gasteiger partial charge in [0.15, 0.2) is 0 Å². The second-order valence-electron chi connectivity index (χ2n) is 7.91. The van der Waals surface area contributed by atoms with Crippen molar-refractivity contribution in [3.63, 3.8) is 0 Å². The fourth-order valence-electron chi connectivity index (χ4n) is 3.71. The molecule has 1 saturated carbocycles. The molecule has 0 radical (unpaired) electrons. The number of hydrogen-bond acceptors (Lipinski definition) is 6. The van der Waals surface area contributed by atoms with Crippen LogP contribution in [0.25, 0.3) is 11.4 Å². The first kappa shape index (κ1) is 19.4. The molecule has 2 fully saturated rings. The smallest absolute Gasteiger partial charge is 0.321 e. The summed E-state index contributed by atoms with van der Waals surface area (Å²) >= 11 is 0. The summed E-state index contributed by atoms with van der Waals surface area (Å²) in [4.78, 5) is 21.2. The molecule has 8 heteroatoms. The van der Waals surface area contributed by atoms with Gasteiger partial charge in [0.25, 0.3) is 0 Å². The first-order chi connectivity index (χ1) is 15.2. The molecule has 160 valence electrons. The standard InChI is InChI=1S/C23H25N5O3/c1-30-20-10-6-18(7-11-20)24-23(29)28-14-12-27(13-15-28)19-8-4-16(5-9-19)21-25-22(31-26-21)17-2-3-17/h4-11,17H,2-3,12-15H2,1H3,(H,24,29). The van der Waals surface area contributed by atoms with Crippen molar-refractivity contribution in [2.75, 3.05) is 43.5 Å². The highest BCUT2D eigenvalue weighted by atomic mass is 16.5. The summed E-state index contributed by atoms with van der Waals surface area (Å²) in [5, 5.41) is 7.05. The third-order valence-corrected chi connectivity index (χ3v) is 5.77. The Balaban J connectivity index is 1.15. The van der Waals surface area contributed by atoms with Gasteiger partial charge in [-0.1, -0.05) is 5.16 Å². The number of benzene rings is 2. The van der Waals surface area contributed by atoms with Crippen LogP contribution in [-0.4, -0.2) is 54.4 Å². The Bertz CT molecular complexity index is 1040. The third-order valence-electron chi connectivity index (χ3n) is 5.77. The van der Waals surface area contributed by atoms with Gasteiger partial charge in [-0.2, -0.15) is 4.98 Å². The second kappa shape index (κ2) is 8.29. The predicted octanol–water partition coefficient (Wildman–Crippen LogP) is 3.98. The maximum Gasteiger partial charge on any atom is 0.321 e. The van der Waals surface area contributed by atoms with Gasteiger partial charge in [-0.3, -0.25) is 0 Å². The van der Waals surface area contributed by atoms with E-state index in [4.69, 9.17) is 9.26 Å². The Morgan fingerprint density at radius 3 is 2.39 bits per heavy atom. The summed E-state index contributed by atoms with van der Waals surface area (Å²) in [6.07, 6.45) is 2.29. The van der Waals surface area contributed by atoms with Crippen LogP contribution < -0.4 is 15.0 Å². The van der Waals surface area contributed by atoms with E-state index in [0.29, 0.717) is 24.8 Å². The average Bonchev–Trinajstić information content (AvgIpc) is 3.56. The molecule has 0 spiro atoms. The lowest BCUT2D eigenvalue weighted by Crippen LogP contribution is -2.50. The van der Waals surface area contributed by atoms with Crippen LogP contribution in [0.2, 0.25) is 0 Å². The molecule has 1 aliphatic carbocycles. The largest absolute Gasteiger partial charge is 0.497 e. The number of methoxy groups -OCH3 is 1. The summed E-state index contributed by atoms with van der Waals surface area (Å²) in [5.74, 6) is 2.62. The zero-order chi connectivity index (χ0) is 21.2. The van der Waals surface area contributed by atoms with Crippen LogP contribution in [0.5, 0.6) is 5.75 Å². The van der Waals surface area contributed by atoms with Gasteiger partial charge in [-0.25, -0.2) is 4.79 Å². The lowest BCUT2D eigenvalue weighted by Gasteiger charge is -2.36. The van der Waals surface area contributed by atoms with Gasteiger partial charge in [0, 0.05) is 49.0 Å². The fraction of sp³-hybridized carbons (Fsp3) is 0.348. The molecule has 2 aromatic carbocycles. The highest BCUT2D eigenvalue weighted by molar-refractivity contribution is 5.89. The number of piperazine rings is 1. The number of nitrogens with zero attached hydrogens (tertiary/aromatic N) is 4. The van der Waals surface area contributed by atoms with E-state index in [1.165, 1.54) is 0 Å². The number of urea groups is 1. The van der Waals surface area contributed by atoms with E-state index in [0.717, 1.165) is 54.5 Å². The van der Waals surface area contributed by atoms with E-state index >= 15 is 0 Å². The van der Waals surface area contributed by atoms with Gasteiger partial charge in [0.05, 0.1) is 7.11 Å². The van der Waals surface area contributed by atoms with Crippen molar-refractivity contribution in [3.05, 3.63) is 54.4 Å². The number of rotatable bonds is 5. The van der Waals surface area contributed by atoms with Crippen LogP contribution in [0.1, 0.15) is 24.7 Å². The van der Waals surface area contributed by atoms with Crippen LogP contribution in [-0.2, 0) is 0 Å². The van der Waals surface area contributed by atoms with E-state index in [1.54, 1.807) is 7.11 Å². The van der Waals surface area contributed by atoms with Crippen LogP contribution in [0.15, 0.2) is 53.1 Å². The third kappa shape index (κ3) is 4.33. The maximum absolute atomic E-state index is 12.6. The first-order valence-corrected chi connectivity index (χ1v) is 10.6. The molecule has 2 aliphatic rings. The van der Waals surface area contributed by atoms with Gasteiger partial charge in [-0.15, -0.1) is 0 Å². The maximum atomic E-state index is 12.6. The zero-order valence-electron chi connectivity index (χ0n) is 17.5. The normalized spacial score (nSPS) is 16.3. The van der Waals surface area contributed by atoms with Crippen molar-refractivity contribution in [2.45, 2.75) is 18.8 Å². The van der Waals surface area contributed by atoms with Gasteiger partial charge < -0.3 is 24.4 Å². The number of ether oxygens (including phenoxy) is 1. The van der Waals surface area contributed by atoms with E-state index in [2.05, 4.69) is 32.5 Å². The van der Waals surface area contributed by atoms with Crippen LogP contribution in [0, 0.1) is 0 Å². The van der Waals surface area contributed by atoms with Crippen LogP contribution in [0.4, 0.5) is 16.2 Å². The Labute approximate surface area is 180 Å². The van der Waals surface area contributed by atoms with E-state index in [1.807, 2.05) is 41.3 Å². The van der Waals surface area contributed by atoms with Crippen molar-refractivity contribution in [2.24, 2.45) is 0 Å². The SMILES string of the molecule is COc1ccc(NC(=O)N2CCN(c3ccc(-c4noc(C5CC5)n4)cc3)CC2)cc1. The predicted molar refractivity (Wildman–Crippen MR) is 118 cm³/mol. The molecule has 31 heavy (non-hydrogen) atoms. The summed E-state index contributed by atoms with van der Waals surface area (Å²) in [7, 11) is 1.62. The number of carbonyl (C=O) groups is 1. The number of aromatic nitrogens is 2. The molecular formula is C23H25N5O3. The molecule has 8 nitrogen and oxygen atoms in total. The first-order valence-electron chi connectivity index (χ1n) is 10.6. The molecule has 0 bridgehead atoms. The molecule has 1 saturated heterocycles. The molecule has 0 unspecified atom stereocenters. The van der Waals surface area contributed by atoms with Gasteiger partial charge in [0.2, 0.25) is 11.7 Å². The topological polar surface area (TPSA) is 83.7 Å². The fourth-order valence-corrected chi connectivity index (χ4v) is 3.71. The van der Waals surface area contributed by atoms with Crippen LogP contribution in [0.3, 0.4) is 0 Å². The van der Waals surface area contributed by atoms with Crippen molar-refractivity contribution in [3.8, 4) is 17.1 Å². The summed E-state index contributed by atoms with van der Waals surface area (Å²) in [6, 6.07) is 15.5. The van der Waals surface area contributed by atoms with E-state index in [9.17, 15) is 4.79 Å². The molecule has 0 atom stereocenters. The molecule has 1 N–H and O–H groups in total. The molecular weight excluding hydrogens is 394 g/mol. The lowest BCUT2D eigenvalue weighted by molar-refractivity contribution is 0.208. The molecule has 1 aromatic heterocycles. The van der Waals surface area contributed by atoms with Crippen molar-refractivity contribution in [1.82, 2.24) is 15.0 Å². The summed E-state index contributed by atoms with van der Waals surface area (Å²) in [5.41, 5.74) is 2.84. The number of amides is 2. The highest BCUT2D eigenvalue weighted by Crippen LogP contribution is 2.39. The minimum Gasteiger partial charge on any atom is -0.497 e. The Kier molecular flexibility index (Phi) is 5.19. The second-order valence-corrected chi connectivity index (χ2v) is 7.91. The lowest BCUT2D eigenvalue weighted by atomic mass is 10.1. The summed E-state index contributed by atoms with van der Waals surface area (Å²) < 4.78 is 10.5. The molecule has 3 aromatic rings. The molecule has 2 heterocycles. The Morgan fingerprint density at radius 2 is 1.74 bits per heavy atom. The van der Waals surface area contributed by atoms with Gasteiger partial charge >= 0.3 is 6.03 Å². The minimum absolute atomic E-state index is 0.0799. The van der Waals surface area contributed by atoms with E-state index in [-0.39, 0.29) is 6.03 Å². The van der Waals surface area contributed by atoms with Gasteiger partial charge in [-0.05, 0) is 61.4 Å². The van der Waals surface area contributed by atoms with Crippen molar-refractivity contribution >= 4 is 17.4 Å². The van der Waals surface area contributed by atoms with Crippen molar-refractivity contribution < 1.29 is 14.1 Å². The average molecular weight is 419 g/mol. The molecule has 2 amide bonds. The van der Waals surface area contributed by atoms with Crippen molar-refractivity contribution in [1.29, 1.82) is 0 Å². The Morgan fingerprint density at radius 1 is 1.03 bits per heavy atom. The van der Waals surface area contributed by atoms with Gasteiger partial charge in [0.1, 0.15) is 5.75 Å². The quantitative estimate of drug-likeness (QED) is 0.674. The highest BCUT2D eigenvalue weighted by Gasteiger charge is 2.29. The number of nitrogens with one attached hydrogen (secondary N) is 1. The van der Waals surface area contributed by atoms with Crippen LogP contribution >= 0.6 is 0 Å². The monoisotopic (exact) mass is 419 g/mol. The Hall–Kier alpha value is -3.55.